The minimum atomic E-state index is 1.03. The third-order valence-corrected chi connectivity index (χ3v) is 2.68. The molecule has 0 fully saturated rings. The van der Waals surface area contributed by atoms with Crippen molar-refractivity contribution < 1.29 is 0 Å². The normalized spacial score (nSPS) is 10.2. The summed E-state index contributed by atoms with van der Waals surface area (Å²) in [5.41, 5.74) is 3.22. The molecular weight excluding hydrogens is 224 g/mol. The molecule has 0 radical (unpaired) electrons. The van der Waals surface area contributed by atoms with E-state index in [0.29, 0.717) is 0 Å². The Morgan fingerprint density at radius 1 is 0.833 bits per heavy atom. The van der Waals surface area contributed by atoms with Gasteiger partial charge in [0.25, 0.3) is 0 Å². The van der Waals surface area contributed by atoms with Crippen LogP contribution < -0.4 is 0 Å². The molecule has 4 rings (SSSR count). The summed E-state index contributed by atoms with van der Waals surface area (Å²) in [7, 11) is 0. The molecule has 88 valence electrons. The van der Waals surface area contributed by atoms with Gasteiger partial charge >= 0.3 is 0 Å². The standard InChI is InChI=1S/2C7H6N2/c1-2-4-7-6(3-1)8-5-9-7;1-2-4-7-6(3-1)5-8-9-7/h2*1-5H,(H,8,9). The highest BCUT2D eigenvalue weighted by molar-refractivity contribution is 5.77. The highest BCUT2D eigenvalue weighted by atomic mass is 15.1. The minimum absolute atomic E-state index is 1.03. The molecule has 2 N–H and O–H groups in total. The zero-order valence-electron chi connectivity index (χ0n) is 9.67. The lowest BCUT2D eigenvalue weighted by atomic mass is 10.3. The fourth-order valence-corrected chi connectivity index (χ4v) is 1.76. The monoisotopic (exact) mass is 236 g/mol. The van der Waals surface area contributed by atoms with E-state index in [-0.39, 0.29) is 0 Å². The summed E-state index contributed by atoms with van der Waals surface area (Å²) in [5, 5.41) is 7.91. The third kappa shape index (κ3) is 2.08. The second-order valence-corrected chi connectivity index (χ2v) is 3.88. The summed E-state index contributed by atoms with van der Waals surface area (Å²) in [6.45, 7) is 0. The van der Waals surface area contributed by atoms with Crippen LogP contribution >= 0.6 is 0 Å². The highest BCUT2D eigenvalue weighted by Crippen LogP contribution is 2.07. The van der Waals surface area contributed by atoms with Crippen molar-refractivity contribution in [1.82, 2.24) is 20.2 Å². The lowest BCUT2D eigenvalue weighted by Gasteiger charge is -1.81. The predicted molar refractivity (Wildman–Crippen MR) is 72.2 cm³/mol. The fraction of sp³-hybridized carbons (Fsp3) is 0. The van der Waals surface area contributed by atoms with Gasteiger partial charge in [-0.15, -0.1) is 0 Å². The molecule has 4 nitrogen and oxygen atoms in total. The molecule has 0 bridgehead atoms. The van der Waals surface area contributed by atoms with Crippen molar-refractivity contribution in [3.63, 3.8) is 0 Å². The molecule has 2 heterocycles. The first-order valence-electron chi connectivity index (χ1n) is 5.70. The van der Waals surface area contributed by atoms with Crippen LogP contribution in [0.25, 0.3) is 21.9 Å². The highest BCUT2D eigenvalue weighted by Gasteiger charge is 1.89. The van der Waals surface area contributed by atoms with Crippen LogP contribution in [0.4, 0.5) is 0 Å². The van der Waals surface area contributed by atoms with Gasteiger partial charge in [-0.1, -0.05) is 30.3 Å². The lowest BCUT2D eigenvalue weighted by molar-refractivity contribution is 1.12. The molecular formula is C14H12N4. The smallest absolute Gasteiger partial charge is 0.0931 e. The van der Waals surface area contributed by atoms with Gasteiger partial charge in [0.05, 0.1) is 29.1 Å². The van der Waals surface area contributed by atoms with Crippen molar-refractivity contribution in [2.24, 2.45) is 0 Å². The van der Waals surface area contributed by atoms with E-state index in [0.717, 1.165) is 21.9 Å². The largest absolute Gasteiger partial charge is 0.345 e. The number of H-pyrrole nitrogens is 2. The zero-order chi connectivity index (χ0) is 12.2. The molecule has 0 aliphatic rings. The molecule has 0 saturated heterocycles. The number of nitrogens with one attached hydrogen (secondary N) is 2. The van der Waals surface area contributed by atoms with Gasteiger partial charge in [-0.05, 0) is 18.2 Å². The summed E-state index contributed by atoms with van der Waals surface area (Å²) < 4.78 is 0. The van der Waals surface area contributed by atoms with Crippen molar-refractivity contribution >= 4 is 21.9 Å². The summed E-state index contributed by atoms with van der Waals surface area (Å²) >= 11 is 0. The van der Waals surface area contributed by atoms with Crippen LogP contribution in [0.15, 0.2) is 61.1 Å². The van der Waals surface area contributed by atoms with E-state index in [1.807, 2.05) is 54.7 Å². The summed E-state index contributed by atoms with van der Waals surface area (Å²) in [6.07, 6.45) is 3.51. The molecule has 0 aliphatic heterocycles. The van der Waals surface area contributed by atoms with Gasteiger partial charge in [0.1, 0.15) is 0 Å². The van der Waals surface area contributed by atoms with Crippen LogP contribution in [0.5, 0.6) is 0 Å². The quantitative estimate of drug-likeness (QED) is 0.493. The van der Waals surface area contributed by atoms with E-state index in [1.165, 1.54) is 0 Å². The molecule has 0 spiro atoms. The third-order valence-electron chi connectivity index (χ3n) is 2.68. The Morgan fingerprint density at radius 2 is 1.61 bits per heavy atom. The van der Waals surface area contributed by atoms with E-state index in [2.05, 4.69) is 20.2 Å². The van der Waals surface area contributed by atoms with Crippen molar-refractivity contribution in [3.8, 4) is 0 Å². The number of aromatic nitrogens is 4. The van der Waals surface area contributed by atoms with Crippen LogP contribution in [0.3, 0.4) is 0 Å². The number of benzene rings is 2. The zero-order valence-corrected chi connectivity index (χ0v) is 9.67. The van der Waals surface area contributed by atoms with E-state index in [1.54, 1.807) is 6.33 Å². The molecule has 4 aromatic rings. The summed E-state index contributed by atoms with van der Waals surface area (Å²) in [4.78, 5) is 7.07. The molecule has 0 unspecified atom stereocenters. The molecule has 18 heavy (non-hydrogen) atoms. The predicted octanol–water partition coefficient (Wildman–Crippen LogP) is 3.13. The van der Waals surface area contributed by atoms with E-state index >= 15 is 0 Å². The topological polar surface area (TPSA) is 57.4 Å². The first-order chi connectivity index (χ1) is 8.93. The SMILES string of the molecule is c1ccc2[nH]cnc2c1.c1ccc2[nH]ncc2c1. The second kappa shape index (κ2) is 4.71. The van der Waals surface area contributed by atoms with Gasteiger partial charge in [-0.25, -0.2) is 4.98 Å². The van der Waals surface area contributed by atoms with Crippen molar-refractivity contribution in [2.75, 3.05) is 0 Å². The number of rotatable bonds is 0. The average molecular weight is 236 g/mol. The second-order valence-electron chi connectivity index (χ2n) is 3.88. The fourth-order valence-electron chi connectivity index (χ4n) is 1.76. The lowest BCUT2D eigenvalue weighted by Crippen LogP contribution is -1.63. The Balaban J connectivity index is 0.000000111. The first kappa shape index (κ1) is 10.5. The van der Waals surface area contributed by atoms with Crippen molar-refractivity contribution in [1.29, 1.82) is 0 Å². The summed E-state index contributed by atoms with van der Waals surface area (Å²) in [5.74, 6) is 0. The Hall–Kier alpha value is -2.62. The van der Waals surface area contributed by atoms with E-state index in [4.69, 9.17) is 0 Å². The van der Waals surface area contributed by atoms with Gasteiger partial charge in [-0.3, -0.25) is 5.10 Å². The van der Waals surface area contributed by atoms with Gasteiger partial charge in [0.2, 0.25) is 0 Å². The van der Waals surface area contributed by atoms with E-state index < -0.39 is 0 Å². The van der Waals surface area contributed by atoms with Gasteiger partial charge in [0.15, 0.2) is 0 Å². The maximum atomic E-state index is 4.06. The van der Waals surface area contributed by atoms with Gasteiger partial charge < -0.3 is 4.98 Å². The molecule has 2 aromatic carbocycles. The number of imidazole rings is 1. The number of fused-ring (bicyclic) bond motifs is 2. The average Bonchev–Trinajstić information content (AvgIpc) is 3.08. The maximum absolute atomic E-state index is 4.06. The molecule has 0 amide bonds. The first-order valence-corrected chi connectivity index (χ1v) is 5.70. The number of para-hydroxylation sites is 3. The number of hydrogen-bond acceptors (Lipinski definition) is 2. The Labute approximate surface area is 104 Å². The van der Waals surface area contributed by atoms with Gasteiger partial charge in [0, 0.05) is 5.39 Å². The minimum Gasteiger partial charge on any atom is -0.345 e. The van der Waals surface area contributed by atoms with Crippen molar-refractivity contribution in [3.05, 3.63) is 61.1 Å². The Bertz CT molecular complexity index is 628. The van der Waals surface area contributed by atoms with Gasteiger partial charge in [-0.2, -0.15) is 5.10 Å². The summed E-state index contributed by atoms with van der Waals surface area (Å²) in [6, 6.07) is 16.0. The van der Waals surface area contributed by atoms with Crippen molar-refractivity contribution in [2.45, 2.75) is 0 Å². The van der Waals surface area contributed by atoms with Crippen LogP contribution in [-0.2, 0) is 0 Å². The molecule has 4 heteroatoms. The Kier molecular flexibility index (Phi) is 2.75. The van der Waals surface area contributed by atoms with Crippen LogP contribution in [0.1, 0.15) is 0 Å². The Morgan fingerprint density at radius 3 is 2.44 bits per heavy atom. The molecule has 2 aromatic heterocycles. The van der Waals surface area contributed by atoms with E-state index in [9.17, 15) is 0 Å². The molecule has 0 atom stereocenters. The maximum Gasteiger partial charge on any atom is 0.0931 e. The molecule has 0 aliphatic carbocycles. The number of aromatic amines is 2. The van der Waals surface area contributed by atoms with Crippen LogP contribution in [0, 0.1) is 0 Å². The molecule has 0 saturated carbocycles. The number of hydrogen-bond donors (Lipinski definition) is 2. The van der Waals surface area contributed by atoms with Crippen LogP contribution in [0.2, 0.25) is 0 Å². The van der Waals surface area contributed by atoms with Crippen LogP contribution in [-0.4, -0.2) is 20.2 Å². The number of nitrogens with zero attached hydrogens (tertiary/aromatic N) is 2.